The molecule has 0 aromatic heterocycles. The molecular formula is C17H10N4O5S2. The molecule has 1 heterocycles. The fourth-order valence-corrected chi connectivity index (χ4v) is 3.42. The second kappa shape index (κ2) is 8.06. The van der Waals surface area contributed by atoms with Crippen LogP contribution in [0.15, 0.2) is 58.5 Å². The van der Waals surface area contributed by atoms with Crippen molar-refractivity contribution >= 4 is 57.9 Å². The van der Waals surface area contributed by atoms with Crippen molar-refractivity contribution in [2.24, 2.45) is 5.10 Å². The number of hydrazone groups is 1. The van der Waals surface area contributed by atoms with E-state index in [2.05, 4.69) is 5.10 Å². The van der Waals surface area contributed by atoms with Crippen LogP contribution >= 0.6 is 24.0 Å². The molecule has 2 aromatic carbocycles. The topological polar surface area (TPSA) is 119 Å². The maximum absolute atomic E-state index is 12.5. The molecule has 0 bridgehead atoms. The summed E-state index contributed by atoms with van der Waals surface area (Å²) in [6.45, 7) is 0. The number of carbonyl (C=O) groups excluding carboxylic acids is 1. The highest BCUT2D eigenvalue weighted by Gasteiger charge is 2.32. The van der Waals surface area contributed by atoms with E-state index in [1.165, 1.54) is 48.7 Å². The average molecular weight is 414 g/mol. The lowest BCUT2D eigenvalue weighted by molar-refractivity contribution is -0.385. The highest BCUT2D eigenvalue weighted by atomic mass is 32.2. The van der Waals surface area contributed by atoms with Crippen molar-refractivity contribution in [1.29, 1.82) is 0 Å². The van der Waals surface area contributed by atoms with Crippen LogP contribution in [0.4, 0.5) is 11.4 Å². The first kappa shape index (κ1) is 19.3. The maximum Gasteiger partial charge on any atom is 0.286 e. The third-order valence-electron chi connectivity index (χ3n) is 3.58. The van der Waals surface area contributed by atoms with E-state index in [0.717, 1.165) is 16.8 Å². The number of thiocarbonyl (C=S) groups is 1. The van der Waals surface area contributed by atoms with E-state index in [4.69, 9.17) is 12.2 Å². The van der Waals surface area contributed by atoms with Crippen LogP contribution in [0.5, 0.6) is 0 Å². The van der Waals surface area contributed by atoms with Gasteiger partial charge in [0.15, 0.2) is 4.32 Å². The van der Waals surface area contributed by atoms with Crippen molar-refractivity contribution < 1.29 is 14.6 Å². The zero-order chi connectivity index (χ0) is 20.3. The largest absolute Gasteiger partial charge is 0.286 e. The lowest BCUT2D eigenvalue weighted by Gasteiger charge is -2.06. The number of rotatable bonds is 5. The van der Waals surface area contributed by atoms with Gasteiger partial charge in [0.1, 0.15) is 0 Å². The Kier molecular flexibility index (Phi) is 5.57. The summed E-state index contributed by atoms with van der Waals surface area (Å²) in [4.78, 5) is 33.3. The number of non-ortho nitro benzene ring substituents is 2. The maximum atomic E-state index is 12.5. The summed E-state index contributed by atoms with van der Waals surface area (Å²) in [5.74, 6) is -0.449. The first-order valence-electron chi connectivity index (χ1n) is 7.66. The Morgan fingerprint density at radius 1 is 1.00 bits per heavy atom. The number of nitro benzene ring substituents is 2. The van der Waals surface area contributed by atoms with E-state index in [9.17, 15) is 25.0 Å². The summed E-state index contributed by atoms with van der Waals surface area (Å²) in [6.07, 6.45) is 2.87. The van der Waals surface area contributed by atoms with E-state index in [-0.39, 0.29) is 15.7 Å². The zero-order valence-electron chi connectivity index (χ0n) is 13.9. The van der Waals surface area contributed by atoms with Crippen molar-refractivity contribution in [3.8, 4) is 0 Å². The summed E-state index contributed by atoms with van der Waals surface area (Å²) in [5, 5.41) is 26.6. The highest BCUT2D eigenvalue weighted by Crippen LogP contribution is 2.33. The molecule has 140 valence electrons. The number of hydrogen-bond acceptors (Lipinski definition) is 8. The van der Waals surface area contributed by atoms with E-state index < -0.39 is 15.8 Å². The van der Waals surface area contributed by atoms with Crippen molar-refractivity contribution in [3.05, 3.63) is 84.8 Å². The third kappa shape index (κ3) is 4.27. The van der Waals surface area contributed by atoms with Crippen molar-refractivity contribution in [1.82, 2.24) is 5.01 Å². The number of thioether (sulfide) groups is 1. The van der Waals surface area contributed by atoms with Gasteiger partial charge in [-0.2, -0.15) is 10.1 Å². The van der Waals surface area contributed by atoms with Crippen LogP contribution in [-0.4, -0.2) is 31.3 Å². The van der Waals surface area contributed by atoms with Crippen LogP contribution in [0.25, 0.3) is 6.08 Å². The van der Waals surface area contributed by atoms with E-state index in [1.807, 2.05) is 0 Å². The molecule has 0 spiro atoms. The van der Waals surface area contributed by atoms with E-state index in [0.29, 0.717) is 16.0 Å². The van der Waals surface area contributed by atoms with Gasteiger partial charge in [0, 0.05) is 29.8 Å². The molecule has 0 radical (unpaired) electrons. The molecule has 0 atom stereocenters. The Hall–Kier alpha value is -3.44. The number of hydrogen-bond donors (Lipinski definition) is 0. The summed E-state index contributed by atoms with van der Waals surface area (Å²) in [7, 11) is 0. The van der Waals surface area contributed by atoms with Crippen molar-refractivity contribution in [2.45, 2.75) is 0 Å². The normalized spacial score (nSPS) is 15.6. The van der Waals surface area contributed by atoms with Crippen LogP contribution in [0.1, 0.15) is 11.1 Å². The highest BCUT2D eigenvalue weighted by molar-refractivity contribution is 8.26. The van der Waals surface area contributed by atoms with Crippen molar-refractivity contribution in [2.75, 3.05) is 0 Å². The third-order valence-corrected chi connectivity index (χ3v) is 4.86. The monoisotopic (exact) mass is 414 g/mol. The second-order valence-electron chi connectivity index (χ2n) is 5.44. The molecule has 0 N–H and O–H groups in total. The number of nitro groups is 2. The minimum atomic E-state index is -0.524. The summed E-state index contributed by atoms with van der Waals surface area (Å²) in [5.41, 5.74) is 0.912. The molecule has 1 aliphatic heterocycles. The van der Waals surface area contributed by atoms with Gasteiger partial charge in [0.05, 0.1) is 21.0 Å². The standard InChI is InChI=1S/C17H10N4O5S2/c22-16-15(9-11-4-6-13(7-5-11)20(23)24)28-17(27)19(16)18-10-12-2-1-3-14(8-12)21(25)26/h1-10H/b15-9+,18-10+. The molecule has 28 heavy (non-hydrogen) atoms. The minimum Gasteiger partial charge on any atom is -0.266 e. The molecule has 1 amide bonds. The minimum absolute atomic E-state index is 0.0498. The Morgan fingerprint density at radius 3 is 2.32 bits per heavy atom. The lowest BCUT2D eigenvalue weighted by atomic mass is 10.2. The molecule has 2 aromatic rings. The van der Waals surface area contributed by atoms with E-state index >= 15 is 0 Å². The number of benzene rings is 2. The molecule has 11 heteroatoms. The number of carbonyl (C=O) groups is 1. The van der Waals surface area contributed by atoms with Gasteiger partial charge in [-0.05, 0) is 36.0 Å². The van der Waals surface area contributed by atoms with Crippen LogP contribution in [0.2, 0.25) is 0 Å². The molecule has 0 saturated carbocycles. The molecule has 1 aliphatic rings. The van der Waals surface area contributed by atoms with Crippen LogP contribution in [0, 0.1) is 20.2 Å². The Morgan fingerprint density at radius 2 is 1.68 bits per heavy atom. The molecule has 0 aliphatic carbocycles. The fraction of sp³-hybridized carbons (Fsp3) is 0. The van der Waals surface area contributed by atoms with Crippen LogP contribution in [0.3, 0.4) is 0 Å². The molecule has 9 nitrogen and oxygen atoms in total. The van der Waals surface area contributed by atoms with Gasteiger partial charge in [-0.25, -0.2) is 0 Å². The van der Waals surface area contributed by atoms with Gasteiger partial charge >= 0.3 is 0 Å². The number of amides is 1. The van der Waals surface area contributed by atoms with Gasteiger partial charge in [-0.1, -0.05) is 23.9 Å². The molecule has 1 saturated heterocycles. The first-order chi connectivity index (χ1) is 13.3. The van der Waals surface area contributed by atoms with Gasteiger partial charge in [0.25, 0.3) is 17.3 Å². The lowest BCUT2D eigenvalue weighted by Crippen LogP contribution is -2.22. The summed E-state index contributed by atoms with van der Waals surface area (Å²) in [6, 6.07) is 11.5. The Bertz CT molecular complexity index is 1050. The Labute approximate surface area is 167 Å². The average Bonchev–Trinajstić information content (AvgIpc) is 2.93. The van der Waals surface area contributed by atoms with Gasteiger partial charge in [-0.15, -0.1) is 0 Å². The van der Waals surface area contributed by atoms with Crippen LogP contribution in [-0.2, 0) is 4.79 Å². The van der Waals surface area contributed by atoms with Gasteiger partial charge < -0.3 is 0 Å². The second-order valence-corrected chi connectivity index (χ2v) is 7.11. The SMILES string of the molecule is O=C1/C(=C\c2ccc([N+](=O)[O-])cc2)SC(=S)N1/N=C/c1cccc([N+](=O)[O-])c1. The molecule has 3 rings (SSSR count). The van der Waals surface area contributed by atoms with Crippen molar-refractivity contribution in [3.63, 3.8) is 0 Å². The Balaban J connectivity index is 1.78. The quantitative estimate of drug-likeness (QED) is 0.240. The zero-order valence-corrected chi connectivity index (χ0v) is 15.6. The molecule has 1 fully saturated rings. The predicted octanol–water partition coefficient (Wildman–Crippen LogP) is 3.74. The fourth-order valence-electron chi connectivity index (χ4n) is 2.25. The first-order valence-corrected chi connectivity index (χ1v) is 8.88. The molecule has 0 unspecified atom stereocenters. The van der Waals surface area contributed by atoms with Crippen LogP contribution < -0.4 is 0 Å². The van der Waals surface area contributed by atoms with E-state index in [1.54, 1.807) is 12.1 Å². The molecular weight excluding hydrogens is 404 g/mol. The van der Waals surface area contributed by atoms with Gasteiger partial charge in [0.2, 0.25) is 0 Å². The number of nitrogens with zero attached hydrogens (tertiary/aromatic N) is 4. The predicted molar refractivity (Wildman–Crippen MR) is 109 cm³/mol. The summed E-state index contributed by atoms with van der Waals surface area (Å²) < 4.78 is 0.208. The smallest absolute Gasteiger partial charge is 0.266 e. The summed E-state index contributed by atoms with van der Waals surface area (Å²) >= 11 is 6.21. The van der Waals surface area contributed by atoms with Gasteiger partial charge in [-0.3, -0.25) is 25.0 Å².